The van der Waals surface area contributed by atoms with Crippen LogP contribution in [0.5, 0.6) is 0 Å². The van der Waals surface area contributed by atoms with Gasteiger partial charge in [-0.1, -0.05) is 54.6 Å². The van der Waals surface area contributed by atoms with E-state index >= 15 is 0 Å². The molecule has 0 spiro atoms. The van der Waals surface area contributed by atoms with Crippen LogP contribution in [0, 0.1) is 0 Å². The lowest BCUT2D eigenvalue weighted by Gasteiger charge is -2.02. The van der Waals surface area contributed by atoms with E-state index in [0.717, 1.165) is 11.2 Å². The van der Waals surface area contributed by atoms with Crippen molar-refractivity contribution in [1.29, 1.82) is 0 Å². The first kappa shape index (κ1) is 12.6. The third kappa shape index (κ3) is 1.49. The van der Waals surface area contributed by atoms with Crippen molar-refractivity contribution >= 4 is 64.2 Å². The van der Waals surface area contributed by atoms with Gasteiger partial charge < -0.3 is 4.42 Å². The fourth-order valence-corrected chi connectivity index (χ4v) is 5.07. The van der Waals surface area contributed by atoms with Crippen LogP contribution in [0.25, 0.3) is 52.9 Å². The minimum atomic E-state index is 0.957. The zero-order valence-corrected chi connectivity index (χ0v) is 13.6. The molecule has 0 N–H and O–H groups in total. The normalized spacial score (nSPS) is 12.2. The SMILES string of the molecule is c1ccc2c(c1)oc1ccc3ccc4c5ccccc5sc4c3c12. The molecule has 0 atom stereocenters. The summed E-state index contributed by atoms with van der Waals surface area (Å²) < 4.78 is 8.78. The largest absolute Gasteiger partial charge is 0.456 e. The van der Waals surface area contributed by atoms with Crippen LogP contribution in [-0.4, -0.2) is 0 Å². The van der Waals surface area contributed by atoms with Crippen molar-refractivity contribution in [3.05, 3.63) is 72.8 Å². The van der Waals surface area contributed by atoms with Crippen LogP contribution in [-0.2, 0) is 0 Å². The third-order valence-corrected chi connectivity index (χ3v) is 6.07. The highest BCUT2D eigenvalue weighted by Gasteiger charge is 2.14. The molecule has 6 rings (SSSR count). The van der Waals surface area contributed by atoms with E-state index in [2.05, 4.69) is 60.7 Å². The molecule has 6 aromatic rings. The number of hydrogen-bond donors (Lipinski definition) is 0. The first-order chi connectivity index (χ1) is 11.9. The zero-order valence-electron chi connectivity index (χ0n) is 12.7. The van der Waals surface area contributed by atoms with Gasteiger partial charge >= 0.3 is 0 Å². The molecule has 0 fully saturated rings. The summed E-state index contributed by atoms with van der Waals surface area (Å²) in [6.45, 7) is 0. The highest BCUT2D eigenvalue weighted by Crippen LogP contribution is 2.43. The van der Waals surface area contributed by atoms with Gasteiger partial charge in [-0.25, -0.2) is 0 Å². The molecule has 4 aromatic carbocycles. The summed E-state index contributed by atoms with van der Waals surface area (Å²) in [5.41, 5.74) is 1.92. The van der Waals surface area contributed by atoms with Crippen LogP contribution in [0.3, 0.4) is 0 Å². The molecule has 2 heteroatoms. The lowest BCUT2D eigenvalue weighted by Crippen LogP contribution is -1.75. The van der Waals surface area contributed by atoms with Crippen LogP contribution in [0.15, 0.2) is 77.2 Å². The van der Waals surface area contributed by atoms with Crippen molar-refractivity contribution in [2.75, 3.05) is 0 Å². The van der Waals surface area contributed by atoms with E-state index in [1.165, 1.54) is 41.7 Å². The van der Waals surface area contributed by atoms with E-state index < -0.39 is 0 Å². The van der Waals surface area contributed by atoms with E-state index in [0.29, 0.717) is 0 Å². The summed E-state index contributed by atoms with van der Waals surface area (Å²) in [6.07, 6.45) is 0. The van der Waals surface area contributed by atoms with E-state index in [1.54, 1.807) is 0 Å². The minimum Gasteiger partial charge on any atom is -0.456 e. The van der Waals surface area contributed by atoms with Gasteiger partial charge in [-0.3, -0.25) is 0 Å². The first-order valence-corrected chi connectivity index (χ1v) is 8.86. The van der Waals surface area contributed by atoms with Gasteiger partial charge in [0.05, 0.1) is 0 Å². The van der Waals surface area contributed by atoms with Crippen LogP contribution in [0.2, 0.25) is 0 Å². The summed E-state index contributed by atoms with van der Waals surface area (Å²) in [6, 6.07) is 25.7. The van der Waals surface area contributed by atoms with E-state index in [9.17, 15) is 0 Å². The predicted molar refractivity (Wildman–Crippen MR) is 104 cm³/mol. The molecular weight excluding hydrogens is 312 g/mol. The molecular formula is C22H12OS. The number of fused-ring (bicyclic) bond motifs is 9. The highest BCUT2D eigenvalue weighted by molar-refractivity contribution is 7.26. The second-order valence-electron chi connectivity index (χ2n) is 6.18. The van der Waals surface area contributed by atoms with E-state index in [4.69, 9.17) is 4.42 Å². The molecule has 2 aromatic heterocycles. The van der Waals surface area contributed by atoms with Crippen LogP contribution < -0.4 is 0 Å². The monoisotopic (exact) mass is 324 g/mol. The average Bonchev–Trinajstić information content (AvgIpc) is 3.19. The molecule has 2 heterocycles. The molecule has 0 unspecified atom stereocenters. The molecule has 112 valence electrons. The number of rotatable bonds is 0. The second kappa shape index (κ2) is 4.37. The standard InChI is InChI=1S/C22H12OS/c1-3-7-17-16(6-1)21-18(23-17)12-10-13-9-11-15-14-5-2-4-8-19(14)24-22(15)20(13)21/h1-12H. The summed E-state index contributed by atoms with van der Waals surface area (Å²) in [5, 5.41) is 7.69. The van der Waals surface area contributed by atoms with Gasteiger partial charge in [0.15, 0.2) is 0 Å². The van der Waals surface area contributed by atoms with Crippen LogP contribution in [0.1, 0.15) is 0 Å². The highest BCUT2D eigenvalue weighted by atomic mass is 32.1. The van der Waals surface area contributed by atoms with Gasteiger partial charge in [-0.05, 0) is 23.6 Å². The van der Waals surface area contributed by atoms with Gasteiger partial charge in [-0.15, -0.1) is 11.3 Å². The molecule has 0 saturated heterocycles. The fourth-order valence-electron chi connectivity index (χ4n) is 3.81. The Morgan fingerprint density at radius 1 is 0.583 bits per heavy atom. The van der Waals surface area contributed by atoms with E-state index in [1.807, 2.05) is 23.5 Å². The van der Waals surface area contributed by atoms with Gasteiger partial charge in [0.2, 0.25) is 0 Å². The molecule has 0 aliphatic carbocycles. The smallest absolute Gasteiger partial charge is 0.136 e. The summed E-state index contributed by atoms with van der Waals surface area (Å²) in [5.74, 6) is 0. The third-order valence-electron chi connectivity index (χ3n) is 4.87. The second-order valence-corrected chi connectivity index (χ2v) is 7.23. The maximum atomic E-state index is 6.09. The Hall–Kier alpha value is -2.84. The fraction of sp³-hybridized carbons (Fsp3) is 0. The Morgan fingerprint density at radius 2 is 1.38 bits per heavy atom. The molecule has 0 radical (unpaired) electrons. The van der Waals surface area contributed by atoms with Gasteiger partial charge in [0.1, 0.15) is 11.2 Å². The topological polar surface area (TPSA) is 13.1 Å². The quantitative estimate of drug-likeness (QED) is 0.290. The van der Waals surface area contributed by atoms with Gasteiger partial charge in [0, 0.05) is 36.3 Å². The minimum absolute atomic E-state index is 0.957. The summed E-state index contributed by atoms with van der Waals surface area (Å²) in [4.78, 5) is 0. The van der Waals surface area contributed by atoms with Gasteiger partial charge in [0.25, 0.3) is 0 Å². The number of para-hydroxylation sites is 1. The zero-order chi connectivity index (χ0) is 15.7. The number of hydrogen-bond acceptors (Lipinski definition) is 2. The van der Waals surface area contributed by atoms with Crippen molar-refractivity contribution in [2.24, 2.45) is 0 Å². The maximum Gasteiger partial charge on any atom is 0.136 e. The Kier molecular flexibility index (Phi) is 2.29. The summed E-state index contributed by atoms with van der Waals surface area (Å²) in [7, 11) is 0. The Labute approximate surface area is 141 Å². The van der Waals surface area contributed by atoms with Crippen molar-refractivity contribution < 1.29 is 4.42 Å². The molecule has 0 amide bonds. The Bertz CT molecular complexity index is 1400. The molecule has 0 aliphatic rings. The van der Waals surface area contributed by atoms with Crippen molar-refractivity contribution in [2.45, 2.75) is 0 Å². The van der Waals surface area contributed by atoms with Crippen molar-refractivity contribution in [3.63, 3.8) is 0 Å². The summed E-state index contributed by atoms with van der Waals surface area (Å²) >= 11 is 1.88. The molecule has 24 heavy (non-hydrogen) atoms. The van der Waals surface area contributed by atoms with Crippen LogP contribution >= 0.6 is 11.3 Å². The maximum absolute atomic E-state index is 6.09. The van der Waals surface area contributed by atoms with Crippen molar-refractivity contribution in [1.82, 2.24) is 0 Å². The van der Waals surface area contributed by atoms with Crippen LogP contribution in [0.4, 0.5) is 0 Å². The Morgan fingerprint density at radius 3 is 2.33 bits per heavy atom. The number of furan rings is 1. The van der Waals surface area contributed by atoms with Crippen molar-refractivity contribution in [3.8, 4) is 0 Å². The molecule has 1 nitrogen and oxygen atoms in total. The lowest BCUT2D eigenvalue weighted by molar-refractivity contribution is 0.669. The number of thiophene rings is 1. The Balaban J connectivity index is 1.98. The first-order valence-electron chi connectivity index (χ1n) is 8.04. The average molecular weight is 324 g/mol. The predicted octanol–water partition coefficient (Wildman–Crippen LogP) is 7.11. The van der Waals surface area contributed by atoms with E-state index in [-0.39, 0.29) is 0 Å². The molecule has 0 aliphatic heterocycles. The number of benzene rings is 4. The molecule has 0 saturated carbocycles. The molecule has 0 bridgehead atoms. The van der Waals surface area contributed by atoms with Gasteiger partial charge in [-0.2, -0.15) is 0 Å². The lowest BCUT2D eigenvalue weighted by atomic mass is 10.0.